The van der Waals surface area contributed by atoms with Crippen LogP contribution in [0.5, 0.6) is 0 Å². The van der Waals surface area contributed by atoms with E-state index >= 15 is 0 Å². The third-order valence-corrected chi connectivity index (χ3v) is 8.52. The van der Waals surface area contributed by atoms with Crippen molar-refractivity contribution in [2.75, 3.05) is 7.05 Å². The molecular weight excluding hydrogens is 500 g/mol. The molecule has 1 aliphatic heterocycles. The van der Waals surface area contributed by atoms with Gasteiger partial charge in [-0.2, -0.15) is 0 Å². The molecule has 40 heavy (non-hydrogen) atoms. The first-order chi connectivity index (χ1) is 18.9. The van der Waals surface area contributed by atoms with Gasteiger partial charge in [-0.05, 0) is 72.4 Å². The lowest BCUT2D eigenvalue weighted by Gasteiger charge is -2.42. The molecule has 1 aliphatic carbocycles. The third-order valence-electron chi connectivity index (χ3n) is 8.52. The molecule has 0 aromatic heterocycles. The first kappa shape index (κ1) is 29.8. The SMILES string of the molecule is CNC(C)C(=O)NC(C(=O)N1Cc2cc(C(C)C)ccc2CC1C(=O)NC1CCCc2ccccc21)C(C)(C)C. The van der Waals surface area contributed by atoms with Gasteiger partial charge in [0.2, 0.25) is 17.7 Å². The molecule has 4 rings (SSSR count). The Morgan fingerprint density at radius 2 is 1.70 bits per heavy atom. The minimum absolute atomic E-state index is 0.0753. The molecule has 4 atom stereocenters. The van der Waals surface area contributed by atoms with Crippen molar-refractivity contribution >= 4 is 17.7 Å². The number of nitrogens with zero attached hydrogens (tertiary/aromatic N) is 1. The van der Waals surface area contributed by atoms with Crippen LogP contribution in [0.15, 0.2) is 42.5 Å². The lowest BCUT2D eigenvalue weighted by Crippen LogP contribution is -2.62. The number of likely N-dealkylation sites (N-methyl/N-ethyl adjacent to an activating group) is 1. The second-order valence-corrected chi connectivity index (χ2v) is 12.8. The van der Waals surface area contributed by atoms with Gasteiger partial charge in [-0.1, -0.05) is 77.1 Å². The van der Waals surface area contributed by atoms with Gasteiger partial charge in [-0.15, -0.1) is 0 Å². The van der Waals surface area contributed by atoms with Crippen LogP contribution in [0.2, 0.25) is 0 Å². The fraction of sp³-hybridized carbons (Fsp3) is 0.545. The van der Waals surface area contributed by atoms with Crippen LogP contribution in [0.3, 0.4) is 0 Å². The van der Waals surface area contributed by atoms with Crippen LogP contribution >= 0.6 is 0 Å². The van der Waals surface area contributed by atoms with E-state index in [1.54, 1.807) is 18.9 Å². The molecule has 2 aromatic rings. The summed E-state index contributed by atoms with van der Waals surface area (Å²) in [4.78, 5) is 43.0. The minimum Gasteiger partial charge on any atom is -0.347 e. The van der Waals surface area contributed by atoms with Crippen LogP contribution in [0.1, 0.15) is 94.2 Å². The Hall–Kier alpha value is -3.19. The van der Waals surface area contributed by atoms with Crippen LogP contribution < -0.4 is 16.0 Å². The molecule has 0 radical (unpaired) electrons. The fourth-order valence-electron chi connectivity index (χ4n) is 5.81. The average molecular weight is 547 g/mol. The van der Waals surface area contributed by atoms with Gasteiger partial charge >= 0.3 is 0 Å². The van der Waals surface area contributed by atoms with Crippen LogP contribution in [-0.4, -0.2) is 47.8 Å². The molecule has 3 N–H and O–H groups in total. The number of aryl methyl sites for hydroxylation is 1. The monoisotopic (exact) mass is 546 g/mol. The van der Waals surface area contributed by atoms with Gasteiger partial charge < -0.3 is 20.9 Å². The molecule has 7 heteroatoms. The molecule has 7 nitrogen and oxygen atoms in total. The predicted molar refractivity (Wildman–Crippen MR) is 159 cm³/mol. The van der Waals surface area contributed by atoms with Crippen molar-refractivity contribution < 1.29 is 14.4 Å². The Morgan fingerprint density at radius 1 is 0.975 bits per heavy atom. The minimum atomic E-state index is -0.781. The number of carbonyl (C=O) groups excluding carboxylic acids is 3. The summed E-state index contributed by atoms with van der Waals surface area (Å²) < 4.78 is 0. The average Bonchev–Trinajstić information content (AvgIpc) is 2.93. The highest BCUT2D eigenvalue weighted by atomic mass is 16.2. The Balaban J connectivity index is 1.68. The van der Waals surface area contributed by atoms with Gasteiger partial charge in [0.1, 0.15) is 12.1 Å². The zero-order chi connectivity index (χ0) is 29.2. The van der Waals surface area contributed by atoms with E-state index < -0.39 is 23.5 Å². The smallest absolute Gasteiger partial charge is 0.246 e. The second-order valence-electron chi connectivity index (χ2n) is 12.8. The van der Waals surface area contributed by atoms with Crippen molar-refractivity contribution in [1.29, 1.82) is 0 Å². The molecule has 2 aromatic carbocycles. The number of nitrogens with one attached hydrogen (secondary N) is 3. The molecule has 0 spiro atoms. The summed E-state index contributed by atoms with van der Waals surface area (Å²) in [5.41, 5.74) is 5.25. The third kappa shape index (κ3) is 6.41. The van der Waals surface area contributed by atoms with Crippen LogP contribution in [0.25, 0.3) is 0 Å². The van der Waals surface area contributed by atoms with E-state index in [4.69, 9.17) is 0 Å². The quantitative estimate of drug-likeness (QED) is 0.480. The maximum Gasteiger partial charge on any atom is 0.246 e. The highest BCUT2D eigenvalue weighted by Gasteiger charge is 2.43. The van der Waals surface area contributed by atoms with Gasteiger partial charge in [-0.25, -0.2) is 0 Å². The van der Waals surface area contributed by atoms with Gasteiger partial charge in [-0.3, -0.25) is 14.4 Å². The van der Waals surface area contributed by atoms with Crippen molar-refractivity contribution in [3.63, 3.8) is 0 Å². The van der Waals surface area contributed by atoms with Gasteiger partial charge in [0.15, 0.2) is 0 Å². The first-order valence-electron chi connectivity index (χ1n) is 14.7. The van der Waals surface area contributed by atoms with Crippen molar-refractivity contribution in [3.05, 3.63) is 70.3 Å². The van der Waals surface area contributed by atoms with E-state index in [2.05, 4.69) is 60.1 Å². The van der Waals surface area contributed by atoms with E-state index in [1.807, 2.05) is 32.9 Å². The number of carbonyl (C=O) groups is 3. The van der Waals surface area contributed by atoms with Crippen LogP contribution in [-0.2, 0) is 33.8 Å². The second kappa shape index (κ2) is 12.1. The van der Waals surface area contributed by atoms with Crippen LogP contribution in [0, 0.1) is 5.41 Å². The number of amides is 3. The number of rotatable bonds is 7. The number of fused-ring (bicyclic) bond motifs is 2. The van der Waals surface area contributed by atoms with Gasteiger partial charge in [0.05, 0.1) is 12.1 Å². The molecule has 3 amide bonds. The molecule has 0 saturated heterocycles. The Morgan fingerprint density at radius 3 is 2.38 bits per heavy atom. The summed E-state index contributed by atoms with van der Waals surface area (Å²) >= 11 is 0. The summed E-state index contributed by atoms with van der Waals surface area (Å²) in [5.74, 6) is -0.258. The lowest BCUT2D eigenvalue weighted by atomic mass is 9.83. The molecule has 2 aliphatic rings. The maximum atomic E-state index is 14.3. The van der Waals surface area contributed by atoms with E-state index in [0.29, 0.717) is 18.9 Å². The van der Waals surface area contributed by atoms with Gasteiger partial charge in [0, 0.05) is 13.0 Å². The molecule has 4 unspecified atom stereocenters. The first-order valence-corrected chi connectivity index (χ1v) is 14.7. The van der Waals surface area contributed by atoms with E-state index in [9.17, 15) is 14.4 Å². The predicted octanol–water partition coefficient (Wildman–Crippen LogP) is 4.40. The topological polar surface area (TPSA) is 90.5 Å². The summed E-state index contributed by atoms with van der Waals surface area (Å²) in [6.07, 6.45) is 3.34. The zero-order valence-electron chi connectivity index (χ0n) is 25.1. The van der Waals surface area contributed by atoms with Crippen LogP contribution in [0.4, 0.5) is 0 Å². The van der Waals surface area contributed by atoms with Crippen molar-refractivity contribution in [2.45, 2.75) is 104 Å². The molecule has 0 saturated carbocycles. The molecule has 216 valence electrons. The highest BCUT2D eigenvalue weighted by Crippen LogP contribution is 2.33. The van der Waals surface area contributed by atoms with E-state index in [1.165, 1.54) is 16.7 Å². The standard InChI is InChI=1S/C33H46N4O3/c1-20(2)23-15-16-24-18-28(31(39)35-27-14-10-12-22-11-8-9-13-26(22)27)37(19-25(24)17-23)32(40)29(33(4,5)6)36-30(38)21(3)34-7/h8-9,11,13,15-17,20-21,27-29,34H,10,12,14,18-19H2,1-7H3,(H,35,39)(H,36,38). The Kier molecular flexibility index (Phi) is 9.03. The number of hydrogen-bond donors (Lipinski definition) is 3. The summed E-state index contributed by atoms with van der Waals surface area (Å²) in [5, 5.41) is 9.24. The zero-order valence-corrected chi connectivity index (χ0v) is 25.1. The Bertz CT molecular complexity index is 1250. The fourth-order valence-corrected chi connectivity index (χ4v) is 5.81. The largest absolute Gasteiger partial charge is 0.347 e. The number of benzene rings is 2. The number of hydrogen-bond acceptors (Lipinski definition) is 4. The van der Waals surface area contributed by atoms with Crippen molar-refractivity contribution in [2.24, 2.45) is 5.41 Å². The molecule has 1 heterocycles. The molecule has 0 fully saturated rings. The summed E-state index contributed by atoms with van der Waals surface area (Å²) in [6.45, 7) is 12.2. The maximum absolute atomic E-state index is 14.3. The summed E-state index contributed by atoms with van der Waals surface area (Å²) in [7, 11) is 1.72. The van der Waals surface area contributed by atoms with E-state index in [0.717, 1.165) is 30.4 Å². The Labute approximate surface area is 239 Å². The molecule has 0 bridgehead atoms. The van der Waals surface area contributed by atoms with Crippen molar-refractivity contribution in [3.8, 4) is 0 Å². The van der Waals surface area contributed by atoms with Gasteiger partial charge in [0.25, 0.3) is 0 Å². The molecular formula is C33H46N4O3. The highest BCUT2D eigenvalue weighted by molar-refractivity contribution is 5.94. The lowest BCUT2D eigenvalue weighted by molar-refractivity contribution is -0.147. The van der Waals surface area contributed by atoms with Crippen molar-refractivity contribution in [1.82, 2.24) is 20.9 Å². The normalized spacial score (nSPS) is 20.2. The summed E-state index contributed by atoms with van der Waals surface area (Å²) in [6, 6.07) is 12.7. The van der Waals surface area contributed by atoms with E-state index in [-0.39, 0.29) is 23.8 Å².